The van der Waals surface area contributed by atoms with Crippen molar-refractivity contribution in [3.8, 4) is 11.8 Å². The zero-order chi connectivity index (χ0) is 16.3. The van der Waals surface area contributed by atoms with Crippen LogP contribution in [0.4, 0.5) is 0 Å². The molecule has 120 valence electrons. The van der Waals surface area contributed by atoms with Crippen LogP contribution in [0.1, 0.15) is 29.7 Å². The van der Waals surface area contributed by atoms with Crippen LogP contribution in [0, 0.1) is 11.3 Å². The fourth-order valence-electron chi connectivity index (χ4n) is 3.09. The molecular formula is C16H19N5O2. The van der Waals surface area contributed by atoms with Crippen molar-refractivity contribution in [3.05, 3.63) is 41.2 Å². The maximum atomic E-state index is 10.8. The van der Waals surface area contributed by atoms with Gasteiger partial charge < -0.3 is 9.84 Å². The first kappa shape index (κ1) is 15.5. The Morgan fingerprint density at radius 1 is 1.52 bits per heavy atom. The summed E-state index contributed by atoms with van der Waals surface area (Å²) in [6.45, 7) is 2.06. The van der Waals surface area contributed by atoms with Gasteiger partial charge in [-0.15, -0.1) is 0 Å². The highest BCUT2D eigenvalue weighted by Gasteiger charge is 2.37. The van der Waals surface area contributed by atoms with Crippen molar-refractivity contribution in [2.24, 2.45) is 0 Å². The number of likely N-dealkylation sites (tertiary alicyclic amines) is 1. The largest absolute Gasteiger partial charge is 0.495 e. The van der Waals surface area contributed by atoms with Gasteiger partial charge in [-0.05, 0) is 37.1 Å². The summed E-state index contributed by atoms with van der Waals surface area (Å²) in [6, 6.07) is 7.74. The van der Waals surface area contributed by atoms with E-state index in [1.165, 1.54) is 0 Å². The third-order valence-electron chi connectivity index (χ3n) is 4.23. The lowest BCUT2D eigenvalue weighted by molar-refractivity contribution is -0.0414. The standard InChI is InChI=1S/C16H19N5O2/c1-23-14-4-3-12(7-13(14)8-17)10-21-6-2-5-16(22,11-21)15-9-18-20-19-15/h3-4,7,9,22H,2,5-6,10-11H2,1H3,(H,18,19,20)/t16-/m0/s1. The molecular weight excluding hydrogens is 294 g/mol. The van der Waals surface area contributed by atoms with E-state index in [2.05, 4.69) is 26.4 Å². The molecule has 0 spiro atoms. The molecule has 1 atom stereocenters. The van der Waals surface area contributed by atoms with E-state index in [0.717, 1.165) is 18.5 Å². The zero-order valence-corrected chi connectivity index (χ0v) is 13.0. The van der Waals surface area contributed by atoms with Crippen molar-refractivity contribution >= 4 is 0 Å². The molecule has 3 rings (SSSR count). The van der Waals surface area contributed by atoms with Gasteiger partial charge in [0.2, 0.25) is 0 Å². The van der Waals surface area contributed by atoms with Crippen LogP contribution in [0.25, 0.3) is 0 Å². The van der Waals surface area contributed by atoms with E-state index in [4.69, 9.17) is 4.74 Å². The molecule has 7 nitrogen and oxygen atoms in total. The minimum atomic E-state index is -0.976. The van der Waals surface area contributed by atoms with E-state index in [9.17, 15) is 10.4 Å². The number of nitriles is 1. The van der Waals surface area contributed by atoms with Gasteiger partial charge in [-0.3, -0.25) is 4.90 Å². The number of β-amino-alcohol motifs (C(OH)–C–C–N with tert-alkyl or cyclic N) is 1. The smallest absolute Gasteiger partial charge is 0.136 e. The predicted molar refractivity (Wildman–Crippen MR) is 82.5 cm³/mol. The van der Waals surface area contributed by atoms with E-state index in [1.54, 1.807) is 13.3 Å². The quantitative estimate of drug-likeness (QED) is 0.879. The highest BCUT2D eigenvalue weighted by atomic mass is 16.5. The molecule has 2 heterocycles. The Morgan fingerprint density at radius 2 is 2.39 bits per heavy atom. The van der Waals surface area contributed by atoms with Crippen molar-refractivity contribution in [2.75, 3.05) is 20.2 Å². The maximum absolute atomic E-state index is 10.8. The molecule has 1 aliphatic rings. The van der Waals surface area contributed by atoms with Crippen LogP contribution in [-0.2, 0) is 12.1 Å². The molecule has 2 N–H and O–H groups in total. The van der Waals surface area contributed by atoms with E-state index in [1.807, 2.05) is 18.2 Å². The Balaban J connectivity index is 1.74. The Hall–Kier alpha value is -2.43. The number of aliphatic hydroxyl groups is 1. The SMILES string of the molecule is COc1ccc(CN2CCC[C@@](O)(c3cn[nH]n3)C2)cc1C#N. The van der Waals surface area contributed by atoms with Gasteiger partial charge in [-0.25, -0.2) is 0 Å². The van der Waals surface area contributed by atoms with Crippen molar-refractivity contribution < 1.29 is 9.84 Å². The molecule has 0 aliphatic carbocycles. The minimum absolute atomic E-state index is 0.494. The summed E-state index contributed by atoms with van der Waals surface area (Å²) in [7, 11) is 1.55. The van der Waals surface area contributed by atoms with E-state index >= 15 is 0 Å². The van der Waals surface area contributed by atoms with Crippen molar-refractivity contribution in [1.29, 1.82) is 5.26 Å². The maximum Gasteiger partial charge on any atom is 0.136 e. The summed E-state index contributed by atoms with van der Waals surface area (Å²) in [5, 5.41) is 30.4. The number of benzene rings is 1. The Labute approximate surface area is 134 Å². The predicted octanol–water partition coefficient (Wildman–Crippen LogP) is 1.17. The number of H-pyrrole nitrogens is 1. The molecule has 1 fully saturated rings. The third-order valence-corrected chi connectivity index (χ3v) is 4.23. The molecule has 7 heteroatoms. The van der Waals surface area contributed by atoms with Crippen LogP contribution in [0.2, 0.25) is 0 Å². The molecule has 0 amide bonds. The summed E-state index contributed by atoms with van der Waals surface area (Å²) < 4.78 is 5.17. The number of rotatable bonds is 4. The average Bonchev–Trinajstić information content (AvgIpc) is 3.10. The van der Waals surface area contributed by atoms with Crippen LogP contribution in [0.5, 0.6) is 5.75 Å². The van der Waals surface area contributed by atoms with Gasteiger partial charge in [0, 0.05) is 13.1 Å². The summed E-state index contributed by atoms with van der Waals surface area (Å²) in [6.07, 6.45) is 3.12. The molecule has 1 aromatic carbocycles. The van der Waals surface area contributed by atoms with Gasteiger partial charge >= 0.3 is 0 Å². The van der Waals surface area contributed by atoms with Crippen LogP contribution in [-0.4, -0.2) is 45.6 Å². The number of piperidine rings is 1. The van der Waals surface area contributed by atoms with Crippen molar-refractivity contribution in [2.45, 2.75) is 25.0 Å². The molecule has 0 unspecified atom stereocenters. The average molecular weight is 313 g/mol. The van der Waals surface area contributed by atoms with E-state index in [-0.39, 0.29) is 0 Å². The first-order valence-corrected chi connectivity index (χ1v) is 7.52. The Morgan fingerprint density at radius 3 is 3.09 bits per heavy atom. The van der Waals surface area contributed by atoms with Crippen LogP contribution < -0.4 is 4.74 Å². The first-order valence-electron chi connectivity index (χ1n) is 7.52. The van der Waals surface area contributed by atoms with Crippen molar-refractivity contribution in [3.63, 3.8) is 0 Å². The lowest BCUT2D eigenvalue weighted by atomic mass is 9.90. The number of nitrogens with one attached hydrogen (secondary N) is 1. The molecule has 1 aromatic heterocycles. The zero-order valence-electron chi connectivity index (χ0n) is 13.0. The topological polar surface area (TPSA) is 98.1 Å². The normalized spacial score (nSPS) is 21.8. The lowest BCUT2D eigenvalue weighted by Gasteiger charge is -2.38. The number of nitrogens with zero attached hydrogens (tertiary/aromatic N) is 4. The van der Waals surface area contributed by atoms with Crippen molar-refractivity contribution in [1.82, 2.24) is 20.3 Å². The van der Waals surface area contributed by atoms with Gasteiger partial charge in [-0.2, -0.15) is 20.7 Å². The monoisotopic (exact) mass is 313 g/mol. The lowest BCUT2D eigenvalue weighted by Crippen LogP contribution is -2.45. The number of aromatic nitrogens is 3. The molecule has 1 aliphatic heterocycles. The molecule has 2 aromatic rings. The number of methoxy groups -OCH3 is 1. The van der Waals surface area contributed by atoms with E-state index < -0.39 is 5.60 Å². The Bertz CT molecular complexity index is 710. The fraction of sp³-hybridized carbons (Fsp3) is 0.438. The summed E-state index contributed by atoms with van der Waals surface area (Å²) in [5.41, 5.74) is 1.14. The number of aromatic amines is 1. The summed E-state index contributed by atoms with van der Waals surface area (Å²) >= 11 is 0. The molecule has 0 saturated carbocycles. The van der Waals surface area contributed by atoms with Gasteiger partial charge in [0.25, 0.3) is 0 Å². The van der Waals surface area contributed by atoms with Crippen LogP contribution >= 0.6 is 0 Å². The molecule has 23 heavy (non-hydrogen) atoms. The van der Waals surface area contributed by atoms with E-state index in [0.29, 0.717) is 36.5 Å². The van der Waals surface area contributed by atoms with Crippen LogP contribution in [0.15, 0.2) is 24.4 Å². The van der Waals surface area contributed by atoms with Gasteiger partial charge in [0.15, 0.2) is 0 Å². The van der Waals surface area contributed by atoms with Crippen LogP contribution in [0.3, 0.4) is 0 Å². The molecule has 0 radical (unpaired) electrons. The highest BCUT2D eigenvalue weighted by Crippen LogP contribution is 2.30. The van der Waals surface area contributed by atoms with Gasteiger partial charge in [0.05, 0.1) is 18.9 Å². The highest BCUT2D eigenvalue weighted by molar-refractivity contribution is 5.45. The first-order chi connectivity index (χ1) is 11.1. The fourth-order valence-corrected chi connectivity index (χ4v) is 3.09. The second kappa shape index (κ2) is 6.36. The summed E-state index contributed by atoms with van der Waals surface area (Å²) in [5.74, 6) is 0.578. The number of hydrogen-bond donors (Lipinski definition) is 2. The Kier molecular flexibility index (Phi) is 4.28. The minimum Gasteiger partial charge on any atom is -0.495 e. The molecule has 0 bridgehead atoms. The molecule has 1 saturated heterocycles. The second-order valence-corrected chi connectivity index (χ2v) is 5.85. The van der Waals surface area contributed by atoms with Gasteiger partial charge in [-0.1, -0.05) is 6.07 Å². The number of hydrogen-bond acceptors (Lipinski definition) is 6. The second-order valence-electron chi connectivity index (χ2n) is 5.85. The number of ether oxygens (including phenoxy) is 1. The summed E-state index contributed by atoms with van der Waals surface area (Å²) in [4.78, 5) is 2.17. The third kappa shape index (κ3) is 3.18. The van der Waals surface area contributed by atoms with Gasteiger partial charge in [0.1, 0.15) is 23.1 Å².